The predicted octanol–water partition coefficient (Wildman–Crippen LogP) is -0.127. The number of hydrogen-bond donors (Lipinski definition) is 2. The average molecular weight is 215 g/mol. The van der Waals surface area contributed by atoms with Crippen LogP contribution in [-0.2, 0) is 4.79 Å². The maximum absolute atomic E-state index is 11.3. The molecule has 80 valence electrons. The van der Waals surface area contributed by atoms with Gasteiger partial charge in [-0.1, -0.05) is 12.2 Å². The Morgan fingerprint density at radius 3 is 3.14 bits per heavy atom. The Balaban J connectivity index is 2.47. The summed E-state index contributed by atoms with van der Waals surface area (Å²) in [5.41, 5.74) is 5.48. The topological polar surface area (TPSA) is 58.4 Å². The zero-order valence-corrected chi connectivity index (χ0v) is 9.27. The maximum atomic E-state index is 11.3. The lowest BCUT2D eigenvalue weighted by molar-refractivity contribution is -0.121. The molecule has 0 aromatic rings. The van der Waals surface area contributed by atoms with Gasteiger partial charge in [0.15, 0.2) is 0 Å². The van der Waals surface area contributed by atoms with Crippen LogP contribution in [0.5, 0.6) is 0 Å². The molecule has 0 radical (unpaired) electrons. The Kier molecular flexibility index (Phi) is 4.28. The number of carbonyl (C=O) groups excluding carboxylic acids is 1. The molecular formula is C9H17N3OS. The van der Waals surface area contributed by atoms with Crippen molar-refractivity contribution in [1.29, 1.82) is 0 Å². The number of carbonyl (C=O) groups is 1. The van der Waals surface area contributed by atoms with Crippen molar-refractivity contribution in [2.24, 2.45) is 5.73 Å². The van der Waals surface area contributed by atoms with Crippen molar-refractivity contribution in [1.82, 2.24) is 10.2 Å². The monoisotopic (exact) mass is 215 g/mol. The molecule has 0 aromatic heterocycles. The van der Waals surface area contributed by atoms with Gasteiger partial charge < -0.3 is 11.1 Å². The van der Waals surface area contributed by atoms with Crippen LogP contribution in [0.3, 0.4) is 0 Å². The van der Waals surface area contributed by atoms with Crippen LogP contribution < -0.4 is 11.1 Å². The van der Waals surface area contributed by atoms with Crippen molar-refractivity contribution in [3.63, 3.8) is 0 Å². The quantitative estimate of drug-likeness (QED) is 0.644. The largest absolute Gasteiger partial charge is 0.393 e. The van der Waals surface area contributed by atoms with E-state index in [1.54, 1.807) is 0 Å². The Bertz CT molecular complexity index is 232. The molecule has 1 rings (SSSR count). The summed E-state index contributed by atoms with van der Waals surface area (Å²) in [6.45, 7) is 4.22. The van der Waals surface area contributed by atoms with Crippen LogP contribution in [0.15, 0.2) is 0 Å². The first kappa shape index (κ1) is 11.4. The van der Waals surface area contributed by atoms with E-state index in [9.17, 15) is 4.79 Å². The van der Waals surface area contributed by atoms with Crippen LogP contribution in [0.25, 0.3) is 0 Å². The molecule has 1 saturated heterocycles. The van der Waals surface area contributed by atoms with Crippen molar-refractivity contribution in [3.05, 3.63) is 0 Å². The van der Waals surface area contributed by atoms with Gasteiger partial charge in [0.2, 0.25) is 5.91 Å². The summed E-state index contributed by atoms with van der Waals surface area (Å²) in [5.74, 6) is 0.0947. The molecule has 0 aromatic carbocycles. The maximum Gasteiger partial charge on any atom is 0.234 e. The molecule has 4 nitrogen and oxygen atoms in total. The second kappa shape index (κ2) is 5.26. The van der Waals surface area contributed by atoms with Crippen molar-refractivity contribution in [2.75, 3.05) is 19.6 Å². The number of nitrogens with one attached hydrogen (secondary N) is 1. The van der Waals surface area contributed by atoms with Crippen LogP contribution >= 0.6 is 12.2 Å². The van der Waals surface area contributed by atoms with Gasteiger partial charge in [-0.15, -0.1) is 0 Å². The SMILES string of the molecule is CC(CC(N)=S)N1CCCNC(=O)C1. The first-order valence-electron chi connectivity index (χ1n) is 4.88. The van der Waals surface area contributed by atoms with E-state index in [4.69, 9.17) is 18.0 Å². The van der Waals surface area contributed by atoms with Crippen LogP contribution in [0.4, 0.5) is 0 Å². The lowest BCUT2D eigenvalue weighted by Crippen LogP contribution is -2.40. The van der Waals surface area contributed by atoms with Gasteiger partial charge in [0.05, 0.1) is 11.5 Å². The van der Waals surface area contributed by atoms with Gasteiger partial charge in [0.25, 0.3) is 0 Å². The van der Waals surface area contributed by atoms with Crippen LogP contribution in [0, 0.1) is 0 Å². The van der Waals surface area contributed by atoms with Crippen LogP contribution in [0.2, 0.25) is 0 Å². The molecule has 14 heavy (non-hydrogen) atoms. The van der Waals surface area contributed by atoms with Crippen LogP contribution in [0.1, 0.15) is 19.8 Å². The molecule has 0 spiro atoms. The van der Waals surface area contributed by atoms with Crippen molar-refractivity contribution in [3.8, 4) is 0 Å². The molecule has 1 amide bonds. The summed E-state index contributed by atoms with van der Waals surface area (Å²) in [5, 5.41) is 2.84. The molecule has 1 heterocycles. The number of hydrogen-bond acceptors (Lipinski definition) is 3. The molecule has 1 aliphatic heterocycles. The second-order valence-electron chi connectivity index (χ2n) is 3.69. The van der Waals surface area contributed by atoms with Gasteiger partial charge in [-0.25, -0.2) is 0 Å². The van der Waals surface area contributed by atoms with Gasteiger partial charge in [0.1, 0.15) is 0 Å². The van der Waals surface area contributed by atoms with E-state index >= 15 is 0 Å². The molecule has 3 N–H and O–H groups in total. The molecule has 0 aliphatic carbocycles. The molecule has 1 unspecified atom stereocenters. The summed E-state index contributed by atoms with van der Waals surface area (Å²) in [4.78, 5) is 13.9. The van der Waals surface area contributed by atoms with E-state index in [0.29, 0.717) is 18.0 Å². The van der Waals surface area contributed by atoms with E-state index in [2.05, 4.69) is 17.1 Å². The van der Waals surface area contributed by atoms with Crippen molar-refractivity contribution < 1.29 is 4.79 Å². The van der Waals surface area contributed by atoms with Crippen LogP contribution in [-0.4, -0.2) is 41.5 Å². The lowest BCUT2D eigenvalue weighted by atomic mass is 10.2. The molecule has 1 fully saturated rings. The standard InChI is InChI=1S/C9H17N3OS/c1-7(5-8(10)14)12-4-2-3-11-9(13)6-12/h7H,2-6H2,1H3,(H2,10,14)(H,11,13). The fourth-order valence-electron chi connectivity index (χ4n) is 1.63. The van der Waals surface area contributed by atoms with Gasteiger partial charge in [-0.05, 0) is 13.3 Å². The minimum absolute atomic E-state index is 0.0947. The summed E-state index contributed by atoms with van der Waals surface area (Å²) >= 11 is 4.85. The Hall–Kier alpha value is -0.680. The molecule has 5 heteroatoms. The molecule has 0 saturated carbocycles. The second-order valence-corrected chi connectivity index (χ2v) is 4.22. The van der Waals surface area contributed by atoms with E-state index in [0.717, 1.165) is 19.5 Å². The number of rotatable bonds is 3. The van der Waals surface area contributed by atoms with Gasteiger partial charge >= 0.3 is 0 Å². The Labute approximate surface area is 89.8 Å². The fraction of sp³-hybridized carbons (Fsp3) is 0.778. The first-order valence-corrected chi connectivity index (χ1v) is 5.29. The Morgan fingerprint density at radius 2 is 2.50 bits per heavy atom. The summed E-state index contributed by atoms with van der Waals surface area (Å²) in [7, 11) is 0. The average Bonchev–Trinajstić information content (AvgIpc) is 2.28. The van der Waals surface area contributed by atoms with E-state index in [-0.39, 0.29) is 11.9 Å². The minimum atomic E-state index is 0.0947. The van der Waals surface area contributed by atoms with Gasteiger partial charge in [-0.2, -0.15) is 0 Å². The molecular weight excluding hydrogens is 198 g/mol. The highest BCUT2D eigenvalue weighted by molar-refractivity contribution is 7.80. The van der Waals surface area contributed by atoms with Crippen molar-refractivity contribution >= 4 is 23.1 Å². The number of thiocarbonyl (C=S) groups is 1. The van der Waals surface area contributed by atoms with E-state index in [1.165, 1.54) is 0 Å². The molecule has 0 bridgehead atoms. The Morgan fingerprint density at radius 1 is 1.79 bits per heavy atom. The highest BCUT2D eigenvalue weighted by Gasteiger charge is 2.19. The molecule has 1 atom stereocenters. The summed E-state index contributed by atoms with van der Waals surface area (Å²) in [6.07, 6.45) is 1.68. The number of nitrogens with two attached hydrogens (primary N) is 1. The first-order chi connectivity index (χ1) is 6.59. The highest BCUT2D eigenvalue weighted by atomic mass is 32.1. The number of amides is 1. The minimum Gasteiger partial charge on any atom is -0.393 e. The normalized spacial score (nSPS) is 21.1. The molecule has 1 aliphatic rings. The number of nitrogens with zero attached hydrogens (tertiary/aromatic N) is 1. The summed E-state index contributed by atoms with van der Waals surface area (Å²) < 4.78 is 0. The fourth-order valence-corrected chi connectivity index (χ4v) is 1.87. The van der Waals surface area contributed by atoms with Crippen molar-refractivity contribution in [2.45, 2.75) is 25.8 Å². The van der Waals surface area contributed by atoms with Gasteiger partial charge in [-0.3, -0.25) is 9.69 Å². The smallest absolute Gasteiger partial charge is 0.234 e. The van der Waals surface area contributed by atoms with E-state index < -0.39 is 0 Å². The third kappa shape index (κ3) is 3.59. The third-order valence-electron chi connectivity index (χ3n) is 2.41. The predicted molar refractivity (Wildman–Crippen MR) is 60.1 cm³/mol. The summed E-state index contributed by atoms with van der Waals surface area (Å²) in [6, 6.07) is 0.261. The zero-order chi connectivity index (χ0) is 10.6. The lowest BCUT2D eigenvalue weighted by Gasteiger charge is -2.25. The van der Waals surface area contributed by atoms with E-state index in [1.807, 2.05) is 0 Å². The third-order valence-corrected chi connectivity index (χ3v) is 2.58. The van der Waals surface area contributed by atoms with Gasteiger partial charge in [0, 0.05) is 25.6 Å². The zero-order valence-electron chi connectivity index (χ0n) is 8.45. The highest BCUT2D eigenvalue weighted by Crippen LogP contribution is 2.06.